The van der Waals surface area contributed by atoms with Crippen LogP contribution in [0, 0.1) is 0 Å². The summed E-state index contributed by atoms with van der Waals surface area (Å²) in [4.78, 5) is 3.71. The van der Waals surface area contributed by atoms with E-state index < -0.39 is 0 Å². The van der Waals surface area contributed by atoms with Crippen LogP contribution in [0.4, 0.5) is 5.00 Å². The molecule has 0 bridgehead atoms. The number of nitrogens with one attached hydrogen (secondary N) is 1. The molecule has 5 nitrogen and oxygen atoms in total. The molecule has 18 heavy (non-hydrogen) atoms. The van der Waals surface area contributed by atoms with Crippen LogP contribution in [0.3, 0.4) is 0 Å². The Morgan fingerprint density at radius 2 is 2.28 bits per heavy atom. The van der Waals surface area contributed by atoms with Crippen LogP contribution in [-0.4, -0.2) is 20.5 Å². The first-order valence-electron chi connectivity index (χ1n) is 5.75. The second kappa shape index (κ2) is 6.24. The van der Waals surface area contributed by atoms with Gasteiger partial charge in [-0.2, -0.15) is 0 Å². The van der Waals surface area contributed by atoms with Gasteiger partial charge in [-0.15, -0.1) is 16.4 Å². The standard InChI is InChI=1S/C11H17N5S2/c1-8(2)16(6-9-4-3-5-17-9)7-10-11(13-12)18-15-14-10/h3-5,8,13H,6-7,12H2,1-2H3. The number of hydrogen-bond donors (Lipinski definition) is 2. The van der Waals surface area contributed by atoms with Gasteiger partial charge < -0.3 is 5.43 Å². The highest BCUT2D eigenvalue weighted by molar-refractivity contribution is 7.10. The van der Waals surface area contributed by atoms with Crippen molar-refractivity contribution in [3.05, 3.63) is 28.1 Å². The monoisotopic (exact) mass is 283 g/mol. The summed E-state index contributed by atoms with van der Waals surface area (Å²) >= 11 is 3.07. The Kier molecular flexibility index (Phi) is 4.65. The summed E-state index contributed by atoms with van der Waals surface area (Å²) in [6, 6.07) is 4.68. The molecule has 0 saturated carbocycles. The SMILES string of the molecule is CC(C)N(Cc1cccs1)Cc1nnsc1NN. The Balaban J connectivity index is 2.07. The van der Waals surface area contributed by atoms with Crippen molar-refractivity contribution in [2.75, 3.05) is 5.43 Å². The van der Waals surface area contributed by atoms with Crippen LogP contribution in [0.2, 0.25) is 0 Å². The highest BCUT2D eigenvalue weighted by Gasteiger charge is 2.16. The van der Waals surface area contributed by atoms with Gasteiger partial charge in [0.15, 0.2) is 0 Å². The molecule has 0 spiro atoms. The molecule has 2 rings (SSSR count). The van der Waals surface area contributed by atoms with Crippen LogP contribution in [0.15, 0.2) is 17.5 Å². The summed E-state index contributed by atoms with van der Waals surface area (Å²) in [5.41, 5.74) is 3.56. The number of hydrazine groups is 1. The van der Waals surface area contributed by atoms with E-state index in [1.807, 2.05) is 0 Å². The van der Waals surface area contributed by atoms with Gasteiger partial charge in [-0.25, -0.2) is 5.84 Å². The lowest BCUT2D eigenvalue weighted by Gasteiger charge is -2.25. The molecule has 2 heterocycles. The molecule has 0 amide bonds. The molecular weight excluding hydrogens is 266 g/mol. The Morgan fingerprint density at radius 3 is 2.89 bits per heavy atom. The van der Waals surface area contributed by atoms with Crippen LogP contribution in [-0.2, 0) is 13.1 Å². The Morgan fingerprint density at radius 1 is 1.44 bits per heavy atom. The molecule has 2 aromatic heterocycles. The van der Waals surface area contributed by atoms with Gasteiger partial charge in [0.1, 0.15) is 10.7 Å². The van der Waals surface area contributed by atoms with Crippen molar-refractivity contribution in [3.63, 3.8) is 0 Å². The first kappa shape index (κ1) is 13.4. The second-order valence-electron chi connectivity index (χ2n) is 4.27. The average molecular weight is 283 g/mol. The number of nitrogens with zero attached hydrogens (tertiary/aromatic N) is 3. The van der Waals surface area contributed by atoms with Crippen LogP contribution in [0.1, 0.15) is 24.4 Å². The molecule has 98 valence electrons. The predicted octanol–water partition coefficient (Wildman–Crippen LogP) is 2.30. The molecule has 0 atom stereocenters. The van der Waals surface area contributed by atoms with Crippen LogP contribution in [0.25, 0.3) is 0 Å². The number of nitrogen functional groups attached to an aromatic ring is 1. The Bertz CT molecular complexity index is 465. The van der Waals surface area contributed by atoms with Crippen LogP contribution >= 0.6 is 22.9 Å². The number of nitrogens with two attached hydrogens (primary N) is 1. The molecule has 2 aromatic rings. The molecule has 0 fully saturated rings. The Labute approximate surface area is 115 Å². The fourth-order valence-corrected chi connectivity index (χ4v) is 2.85. The normalized spacial score (nSPS) is 11.4. The molecule has 3 N–H and O–H groups in total. The predicted molar refractivity (Wildman–Crippen MR) is 76.4 cm³/mol. The van der Waals surface area contributed by atoms with E-state index in [1.165, 1.54) is 16.4 Å². The average Bonchev–Trinajstić information content (AvgIpc) is 2.98. The summed E-state index contributed by atoms with van der Waals surface area (Å²) in [5, 5.41) is 7.07. The summed E-state index contributed by atoms with van der Waals surface area (Å²) in [6.07, 6.45) is 0. The minimum Gasteiger partial charge on any atom is -0.313 e. The summed E-state index contributed by atoms with van der Waals surface area (Å²) in [7, 11) is 0. The molecule has 0 unspecified atom stereocenters. The highest BCUT2D eigenvalue weighted by atomic mass is 32.1. The van der Waals surface area contributed by atoms with Crippen molar-refractivity contribution in [1.29, 1.82) is 0 Å². The van der Waals surface area contributed by atoms with E-state index in [0.29, 0.717) is 6.04 Å². The summed E-state index contributed by atoms with van der Waals surface area (Å²) in [6.45, 7) is 6.05. The van der Waals surface area contributed by atoms with E-state index >= 15 is 0 Å². The minimum atomic E-state index is 0.444. The first-order chi connectivity index (χ1) is 8.70. The lowest BCUT2D eigenvalue weighted by Crippen LogP contribution is -2.30. The second-order valence-corrected chi connectivity index (χ2v) is 6.06. The van der Waals surface area contributed by atoms with Gasteiger partial charge in [0.25, 0.3) is 0 Å². The van der Waals surface area contributed by atoms with Crippen molar-refractivity contribution in [2.24, 2.45) is 5.84 Å². The van der Waals surface area contributed by atoms with E-state index in [4.69, 9.17) is 5.84 Å². The molecule has 0 aliphatic rings. The Hall–Kier alpha value is -1.02. The van der Waals surface area contributed by atoms with Gasteiger partial charge in [-0.05, 0) is 25.3 Å². The number of rotatable bonds is 6. The number of thiophene rings is 1. The van der Waals surface area contributed by atoms with E-state index in [9.17, 15) is 0 Å². The van der Waals surface area contributed by atoms with Crippen molar-refractivity contribution in [1.82, 2.24) is 14.5 Å². The molecule has 0 aromatic carbocycles. The molecule has 0 saturated heterocycles. The molecule has 0 radical (unpaired) electrons. The van der Waals surface area contributed by atoms with E-state index in [0.717, 1.165) is 23.8 Å². The largest absolute Gasteiger partial charge is 0.313 e. The molecule has 0 aliphatic carbocycles. The van der Waals surface area contributed by atoms with Crippen molar-refractivity contribution in [2.45, 2.75) is 33.0 Å². The molecule has 0 aliphatic heterocycles. The highest BCUT2D eigenvalue weighted by Crippen LogP contribution is 2.21. The van der Waals surface area contributed by atoms with Crippen LogP contribution < -0.4 is 11.3 Å². The quantitative estimate of drug-likeness (QED) is 0.629. The van der Waals surface area contributed by atoms with Crippen molar-refractivity contribution >= 4 is 27.9 Å². The zero-order valence-corrected chi connectivity index (χ0v) is 12.1. The number of hydrogen-bond acceptors (Lipinski definition) is 7. The zero-order valence-electron chi connectivity index (χ0n) is 10.5. The van der Waals surface area contributed by atoms with Gasteiger partial charge in [-0.1, -0.05) is 10.6 Å². The first-order valence-corrected chi connectivity index (χ1v) is 7.40. The minimum absolute atomic E-state index is 0.444. The lowest BCUT2D eigenvalue weighted by atomic mass is 10.2. The fraction of sp³-hybridized carbons (Fsp3) is 0.455. The third kappa shape index (κ3) is 3.26. The van der Waals surface area contributed by atoms with Gasteiger partial charge in [-0.3, -0.25) is 4.90 Å². The summed E-state index contributed by atoms with van der Waals surface area (Å²) < 4.78 is 3.93. The van der Waals surface area contributed by atoms with Gasteiger partial charge in [0.05, 0.1) is 0 Å². The third-order valence-corrected chi connectivity index (χ3v) is 4.27. The zero-order chi connectivity index (χ0) is 13.0. The fourth-order valence-electron chi connectivity index (χ4n) is 1.64. The number of aromatic nitrogens is 2. The molecular formula is C11H17N5S2. The third-order valence-electron chi connectivity index (χ3n) is 2.71. The maximum atomic E-state index is 5.45. The summed E-state index contributed by atoms with van der Waals surface area (Å²) in [5.74, 6) is 5.45. The molecule has 7 heteroatoms. The van der Waals surface area contributed by atoms with Gasteiger partial charge >= 0.3 is 0 Å². The smallest absolute Gasteiger partial charge is 0.148 e. The van der Waals surface area contributed by atoms with Crippen molar-refractivity contribution < 1.29 is 0 Å². The maximum Gasteiger partial charge on any atom is 0.148 e. The topological polar surface area (TPSA) is 67.1 Å². The lowest BCUT2D eigenvalue weighted by molar-refractivity contribution is 0.203. The van der Waals surface area contributed by atoms with E-state index in [2.05, 4.69) is 51.3 Å². The van der Waals surface area contributed by atoms with Gasteiger partial charge in [0.2, 0.25) is 0 Å². The van der Waals surface area contributed by atoms with E-state index in [-0.39, 0.29) is 0 Å². The van der Waals surface area contributed by atoms with Crippen molar-refractivity contribution in [3.8, 4) is 0 Å². The van der Waals surface area contributed by atoms with Crippen LogP contribution in [0.5, 0.6) is 0 Å². The van der Waals surface area contributed by atoms with E-state index in [1.54, 1.807) is 11.3 Å². The maximum absolute atomic E-state index is 5.45. The van der Waals surface area contributed by atoms with Gasteiger partial charge in [0, 0.05) is 35.5 Å². The number of anilines is 1.